The molecule has 1 saturated carbocycles. The average molecular weight is 299 g/mol. The van der Waals surface area contributed by atoms with Crippen LogP contribution in [0.2, 0.25) is 0 Å². The number of carbonyl (C=O) groups excluding carboxylic acids is 1. The molecule has 1 aliphatic carbocycles. The lowest BCUT2D eigenvalue weighted by Crippen LogP contribution is -2.31. The van der Waals surface area contributed by atoms with Crippen LogP contribution in [-0.2, 0) is 0 Å². The number of amides is 1. The smallest absolute Gasteiger partial charge is 0.270 e. The fourth-order valence-corrected chi connectivity index (χ4v) is 2.54. The summed E-state index contributed by atoms with van der Waals surface area (Å²) >= 11 is 3.46. The average Bonchev–Trinajstić information content (AvgIpc) is 3.00. The van der Waals surface area contributed by atoms with Gasteiger partial charge >= 0.3 is 0 Å². The lowest BCUT2D eigenvalue weighted by Gasteiger charge is -2.20. The SMILES string of the molecule is CC(C)CN(C)C(=O)c1cc(Br)cn1C1CC1. The summed E-state index contributed by atoms with van der Waals surface area (Å²) in [5.41, 5.74) is 0.808. The van der Waals surface area contributed by atoms with Crippen molar-refractivity contribution >= 4 is 21.8 Å². The van der Waals surface area contributed by atoms with Gasteiger partial charge < -0.3 is 9.47 Å². The van der Waals surface area contributed by atoms with E-state index in [2.05, 4.69) is 34.3 Å². The van der Waals surface area contributed by atoms with E-state index >= 15 is 0 Å². The highest BCUT2D eigenvalue weighted by atomic mass is 79.9. The molecule has 1 aromatic rings. The summed E-state index contributed by atoms with van der Waals surface area (Å²) in [5.74, 6) is 0.619. The van der Waals surface area contributed by atoms with Crippen LogP contribution in [0, 0.1) is 5.92 Å². The van der Waals surface area contributed by atoms with Crippen molar-refractivity contribution in [2.24, 2.45) is 5.92 Å². The molecule has 0 atom stereocenters. The molecule has 17 heavy (non-hydrogen) atoms. The van der Waals surface area contributed by atoms with E-state index in [1.807, 2.05) is 24.2 Å². The largest absolute Gasteiger partial charge is 0.340 e. The van der Waals surface area contributed by atoms with E-state index < -0.39 is 0 Å². The van der Waals surface area contributed by atoms with Gasteiger partial charge in [0.05, 0.1) is 0 Å². The van der Waals surface area contributed by atoms with Gasteiger partial charge in [-0.05, 0) is 40.8 Å². The van der Waals surface area contributed by atoms with E-state index in [-0.39, 0.29) is 5.91 Å². The molecule has 1 heterocycles. The van der Waals surface area contributed by atoms with E-state index in [0.29, 0.717) is 12.0 Å². The van der Waals surface area contributed by atoms with Crippen LogP contribution in [0.3, 0.4) is 0 Å². The Morgan fingerprint density at radius 1 is 1.59 bits per heavy atom. The van der Waals surface area contributed by atoms with E-state index in [9.17, 15) is 4.79 Å². The summed E-state index contributed by atoms with van der Waals surface area (Å²) in [7, 11) is 1.88. The van der Waals surface area contributed by atoms with Gasteiger partial charge in [0.15, 0.2) is 0 Å². The molecule has 1 fully saturated rings. The molecule has 0 spiro atoms. The summed E-state index contributed by atoms with van der Waals surface area (Å²) in [5, 5.41) is 0. The molecule has 0 aromatic carbocycles. The minimum Gasteiger partial charge on any atom is -0.340 e. The van der Waals surface area contributed by atoms with Gasteiger partial charge in [-0.25, -0.2) is 0 Å². The minimum atomic E-state index is 0.122. The molecule has 0 aliphatic heterocycles. The van der Waals surface area contributed by atoms with Crippen molar-refractivity contribution < 1.29 is 4.79 Å². The number of hydrogen-bond donors (Lipinski definition) is 0. The van der Waals surface area contributed by atoms with Crippen molar-refractivity contribution in [3.63, 3.8) is 0 Å². The van der Waals surface area contributed by atoms with Crippen LogP contribution in [0.15, 0.2) is 16.7 Å². The van der Waals surface area contributed by atoms with Gasteiger partial charge in [0.25, 0.3) is 5.91 Å². The van der Waals surface area contributed by atoms with Crippen molar-refractivity contribution in [1.29, 1.82) is 0 Å². The van der Waals surface area contributed by atoms with Crippen molar-refractivity contribution in [2.75, 3.05) is 13.6 Å². The highest BCUT2D eigenvalue weighted by molar-refractivity contribution is 9.10. The maximum absolute atomic E-state index is 12.3. The second-order valence-electron chi connectivity index (χ2n) is 5.26. The molecular formula is C13H19BrN2O. The van der Waals surface area contributed by atoms with E-state index in [0.717, 1.165) is 16.7 Å². The third kappa shape index (κ3) is 2.92. The quantitative estimate of drug-likeness (QED) is 0.837. The Morgan fingerprint density at radius 2 is 2.24 bits per heavy atom. The van der Waals surface area contributed by atoms with Crippen LogP contribution >= 0.6 is 15.9 Å². The first-order valence-corrected chi connectivity index (χ1v) is 6.91. The zero-order chi connectivity index (χ0) is 12.6. The van der Waals surface area contributed by atoms with E-state index in [4.69, 9.17) is 0 Å². The first kappa shape index (κ1) is 12.7. The molecule has 0 bridgehead atoms. The van der Waals surface area contributed by atoms with Crippen LogP contribution < -0.4 is 0 Å². The number of rotatable bonds is 4. The molecule has 1 aliphatic rings. The molecule has 0 N–H and O–H groups in total. The Hall–Kier alpha value is -0.770. The minimum absolute atomic E-state index is 0.122. The van der Waals surface area contributed by atoms with Crippen LogP contribution in [-0.4, -0.2) is 29.0 Å². The maximum Gasteiger partial charge on any atom is 0.270 e. The molecule has 0 saturated heterocycles. The third-order valence-electron chi connectivity index (χ3n) is 2.96. The summed E-state index contributed by atoms with van der Waals surface area (Å²) in [4.78, 5) is 14.1. The zero-order valence-electron chi connectivity index (χ0n) is 10.6. The summed E-state index contributed by atoms with van der Waals surface area (Å²) < 4.78 is 3.11. The van der Waals surface area contributed by atoms with Gasteiger partial charge in [0.1, 0.15) is 5.69 Å². The van der Waals surface area contributed by atoms with Crippen LogP contribution in [0.5, 0.6) is 0 Å². The number of nitrogens with zero attached hydrogens (tertiary/aromatic N) is 2. The normalized spacial score (nSPS) is 15.4. The van der Waals surface area contributed by atoms with Gasteiger partial charge in [-0.15, -0.1) is 0 Å². The fraction of sp³-hybridized carbons (Fsp3) is 0.615. The molecule has 1 aromatic heterocycles. The van der Waals surface area contributed by atoms with Gasteiger partial charge in [0, 0.05) is 30.3 Å². The molecule has 0 radical (unpaired) electrons. The predicted octanol–water partition coefficient (Wildman–Crippen LogP) is 3.31. The second kappa shape index (κ2) is 4.84. The summed E-state index contributed by atoms with van der Waals surface area (Å²) in [6.45, 7) is 5.05. The van der Waals surface area contributed by atoms with Crippen LogP contribution in [0.1, 0.15) is 43.2 Å². The topological polar surface area (TPSA) is 25.2 Å². The third-order valence-corrected chi connectivity index (χ3v) is 3.39. The number of carbonyl (C=O) groups is 1. The van der Waals surface area contributed by atoms with Crippen molar-refractivity contribution in [1.82, 2.24) is 9.47 Å². The van der Waals surface area contributed by atoms with Crippen molar-refractivity contribution in [2.45, 2.75) is 32.7 Å². The standard InChI is InChI=1S/C13H19BrN2O/c1-9(2)7-15(3)13(17)12-6-10(14)8-16(12)11-4-5-11/h6,8-9,11H,4-5,7H2,1-3H3. The summed E-state index contributed by atoms with van der Waals surface area (Å²) in [6, 6.07) is 2.46. The number of aromatic nitrogens is 1. The second-order valence-corrected chi connectivity index (χ2v) is 6.18. The first-order valence-electron chi connectivity index (χ1n) is 6.12. The molecule has 4 heteroatoms. The fourth-order valence-electron chi connectivity index (χ4n) is 2.10. The predicted molar refractivity (Wildman–Crippen MR) is 72.2 cm³/mol. The number of hydrogen-bond acceptors (Lipinski definition) is 1. The zero-order valence-corrected chi connectivity index (χ0v) is 12.2. The lowest BCUT2D eigenvalue weighted by atomic mass is 10.2. The van der Waals surface area contributed by atoms with Crippen LogP contribution in [0.4, 0.5) is 0 Å². The van der Waals surface area contributed by atoms with Crippen LogP contribution in [0.25, 0.3) is 0 Å². The number of halogens is 1. The highest BCUT2D eigenvalue weighted by Crippen LogP contribution is 2.37. The Morgan fingerprint density at radius 3 is 2.76 bits per heavy atom. The van der Waals surface area contributed by atoms with Gasteiger partial charge in [0.2, 0.25) is 0 Å². The molecule has 2 rings (SSSR count). The molecular weight excluding hydrogens is 280 g/mol. The highest BCUT2D eigenvalue weighted by Gasteiger charge is 2.28. The Labute approximate surface area is 111 Å². The Bertz CT molecular complexity index is 421. The van der Waals surface area contributed by atoms with Gasteiger partial charge in [-0.2, -0.15) is 0 Å². The molecule has 94 valence electrons. The lowest BCUT2D eigenvalue weighted by molar-refractivity contribution is 0.0768. The summed E-state index contributed by atoms with van der Waals surface area (Å²) in [6.07, 6.45) is 4.40. The van der Waals surface area contributed by atoms with Gasteiger partial charge in [-0.1, -0.05) is 13.8 Å². The van der Waals surface area contributed by atoms with Crippen molar-refractivity contribution in [3.8, 4) is 0 Å². The van der Waals surface area contributed by atoms with E-state index in [1.165, 1.54) is 12.8 Å². The van der Waals surface area contributed by atoms with Crippen molar-refractivity contribution in [3.05, 3.63) is 22.4 Å². The molecule has 1 amide bonds. The first-order chi connectivity index (χ1) is 7.99. The molecule has 3 nitrogen and oxygen atoms in total. The molecule has 0 unspecified atom stereocenters. The monoisotopic (exact) mass is 298 g/mol. The Balaban J connectivity index is 2.18. The maximum atomic E-state index is 12.3. The van der Waals surface area contributed by atoms with Gasteiger partial charge in [-0.3, -0.25) is 4.79 Å². The van der Waals surface area contributed by atoms with E-state index in [1.54, 1.807) is 0 Å². The Kier molecular flexibility index (Phi) is 3.61.